The Bertz CT molecular complexity index is 995. The summed E-state index contributed by atoms with van der Waals surface area (Å²) in [6.07, 6.45) is 0. The number of carbonyl (C=O) groups is 2. The first-order valence-corrected chi connectivity index (χ1v) is 9.96. The number of amides is 1. The molecule has 2 aromatic carbocycles. The molecule has 1 aliphatic rings. The van der Waals surface area contributed by atoms with E-state index in [1.54, 1.807) is 12.1 Å². The number of carbonyl (C=O) groups excluding carboxylic acids is 2. The number of aliphatic hydroxyl groups excluding tert-OH is 1. The van der Waals surface area contributed by atoms with Gasteiger partial charge in [-0.15, -0.1) is 0 Å². The lowest BCUT2D eigenvalue weighted by atomic mass is 9.94. The van der Waals surface area contributed by atoms with Crippen molar-refractivity contribution in [2.75, 3.05) is 26.9 Å². The number of ketones is 1. The molecular weight excluding hydrogens is 382 g/mol. The summed E-state index contributed by atoms with van der Waals surface area (Å²) in [4.78, 5) is 27.2. The van der Waals surface area contributed by atoms with Crippen molar-refractivity contribution < 1.29 is 24.2 Å². The minimum atomic E-state index is -0.720. The highest BCUT2D eigenvalue weighted by Gasteiger charge is 2.46. The molecule has 6 heteroatoms. The Hall–Kier alpha value is -3.12. The molecule has 1 aliphatic heterocycles. The Kier molecular flexibility index (Phi) is 6.57. The van der Waals surface area contributed by atoms with E-state index in [2.05, 4.69) is 0 Å². The number of hydrogen-bond acceptors (Lipinski definition) is 5. The number of benzene rings is 2. The highest BCUT2D eigenvalue weighted by Crippen LogP contribution is 2.40. The first kappa shape index (κ1) is 21.6. The van der Waals surface area contributed by atoms with E-state index in [1.807, 2.05) is 51.1 Å². The third-order valence-corrected chi connectivity index (χ3v) is 5.34. The van der Waals surface area contributed by atoms with Crippen LogP contribution in [0.15, 0.2) is 48.0 Å². The summed E-state index contributed by atoms with van der Waals surface area (Å²) in [6, 6.07) is 12.0. The normalized spacial score (nSPS) is 18.1. The summed E-state index contributed by atoms with van der Waals surface area (Å²) in [5, 5.41) is 11.1. The van der Waals surface area contributed by atoms with Crippen LogP contribution in [-0.2, 0) is 14.3 Å². The van der Waals surface area contributed by atoms with Gasteiger partial charge in [0, 0.05) is 19.2 Å². The Morgan fingerprint density at radius 2 is 1.87 bits per heavy atom. The molecule has 30 heavy (non-hydrogen) atoms. The van der Waals surface area contributed by atoms with Crippen LogP contribution < -0.4 is 4.74 Å². The molecule has 1 unspecified atom stereocenters. The molecule has 1 N–H and O–H groups in total. The summed E-state index contributed by atoms with van der Waals surface area (Å²) >= 11 is 0. The number of rotatable bonds is 7. The van der Waals surface area contributed by atoms with Crippen molar-refractivity contribution in [2.45, 2.75) is 26.8 Å². The Balaban J connectivity index is 2.17. The highest BCUT2D eigenvalue weighted by atomic mass is 16.5. The molecule has 0 aliphatic carbocycles. The molecule has 0 aromatic heterocycles. The van der Waals surface area contributed by atoms with Gasteiger partial charge in [-0.25, -0.2) is 0 Å². The topological polar surface area (TPSA) is 76.1 Å². The Labute approximate surface area is 176 Å². The fraction of sp³-hybridized carbons (Fsp3) is 0.333. The van der Waals surface area contributed by atoms with Crippen LogP contribution in [0.4, 0.5) is 0 Å². The van der Waals surface area contributed by atoms with Gasteiger partial charge in [-0.05, 0) is 55.7 Å². The van der Waals surface area contributed by atoms with Gasteiger partial charge in [0.25, 0.3) is 11.7 Å². The van der Waals surface area contributed by atoms with Gasteiger partial charge in [-0.2, -0.15) is 0 Å². The zero-order chi connectivity index (χ0) is 21.8. The van der Waals surface area contributed by atoms with Crippen LogP contribution in [0.5, 0.6) is 5.75 Å². The standard InChI is InChI=1S/C24H27NO5/c1-5-30-19-8-6-7-17(14-19)21-20(23(27)24(28)25(21)11-12-29-4)22(26)18-10-9-15(2)16(3)13-18/h6-10,13-14,21,26H,5,11-12H2,1-4H3/b22-20-. The van der Waals surface area contributed by atoms with E-state index in [4.69, 9.17) is 9.47 Å². The van der Waals surface area contributed by atoms with E-state index in [0.717, 1.165) is 11.1 Å². The fourth-order valence-electron chi connectivity index (χ4n) is 3.63. The first-order chi connectivity index (χ1) is 14.4. The second-order valence-corrected chi connectivity index (χ2v) is 7.29. The Morgan fingerprint density at radius 1 is 1.10 bits per heavy atom. The molecule has 0 bridgehead atoms. The van der Waals surface area contributed by atoms with Crippen molar-refractivity contribution >= 4 is 17.4 Å². The number of hydrogen-bond donors (Lipinski definition) is 1. The number of methoxy groups -OCH3 is 1. The number of aryl methyl sites for hydroxylation is 2. The van der Waals surface area contributed by atoms with Crippen molar-refractivity contribution in [1.82, 2.24) is 4.90 Å². The average molecular weight is 409 g/mol. The zero-order valence-electron chi connectivity index (χ0n) is 17.8. The molecule has 1 saturated heterocycles. The second-order valence-electron chi connectivity index (χ2n) is 7.29. The van der Waals surface area contributed by atoms with Crippen molar-refractivity contribution in [1.29, 1.82) is 0 Å². The minimum Gasteiger partial charge on any atom is -0.507 e. The highest BCUT2D eigenvalue weighted by molar-refractivity contribution is 6.46. The molecule has 1 atom stereocenters. The smallest absolute Gasteiger partial charge is 0.295 e. The van der Waals surface area contributed by atoms with Crippen LogP contribution in [0.1, 0.15) is 35.2 Å². The number of aliphatic hydroxyl groups is 1. The number of likely N-dealkylation sites (tertiary alicyclic amines) is 1. The summed E-state index contributed by atoms with van der Waals surface area (Å²) < 4.78 is 10.7. The SMILES string of the molecule is CCOc1cccc(C2/C(=C(/O)c3ccc(C)c(C)c3)C(=O)C(=O)N2CCOC)c1. The lowest BCUT2D eigenvalue weighted by Crippen LogP contribution is -2.32. The molecule has 0 spiro atoms. The third-order valence-electron chi connectivity index (χ3n) is 5.34. The van der Waals surface area contributed by atoms with Crippen molar-refractivity contribution in [3.8, 4) is 5.75 Å². The molecule has 1 amide bonds. The molecule has 6 nitrogen and oxygen atoms in total. The van der Waals surface area contributed by atoms with E-state index >= 15 is 0 Å². The third kappa shape index (κ3) is 4.09. The lowest BCUT2D eigenvalue weighted by Gasteiger charge is -2.25. The summed E-state index contributed by atoms with van der Waals surface area (Å²) in [6.45, 7) is 6.80. The van der Waals surface area contributed by atoms with Crippen LogP contribution in [0.3, 0.4) is 0 Å². The molecular formula is C24H27NO5. The number of Topliss-reactive ketones (excluding diaryl/α,β-unsaturated/α-hetero) is 1. The molecule has 1 heterocycles. The van der Waals surface area contributed by atoms with Gasteiger partial charge >= 0.3 is 0 Å². The largest absolute Gasteiger partial charge is 0.507 e. The van der Waals surface area contributed by atoms with Crippen LogP contribution >= 0.6 is 0 Å². The maximum absolute atomic E-state index is 13.0. The van der Waals surface area contributed by atoms with Gasteiger partial charge in [0.2, 0.25) is 0 Å². The molecule has 2 aromatic rings. The van der Waals surface area contributed by atoms with Crippen molar-refractivity contribution in [3.63, 3.8) is 0 Å². The summed E-state index contributed by atoms with van der Waals surface area (Å²) in [5.74, 6) is -0.889. The number of ether oxygens (including phenoxy) is 2. The predicted molar refractivity (Wildman–Crippen MR) is 114 cm³/mol. The van der Waals surface area contributed by atoms with Crippen LogP contribution in [0.25, 0.3) is 5.76 Å². The van der Waals surface area contributed by atoms with Gasteiger partial charge in [0.05, 0.1) is 24.8 Å². The van der Waals surface area contributed by atoms with Gasteiger partial charge < -0.3 is 19.5 Å². The van der Waals surface area contributed by atoms with E-state index in [1.165, 1.54) is 12.0 Å². The minimum absolute atomic E-state index is 0.0769. The zero-order valence-corrected chi connectivity index (χ0v) is 17.8. The number of nitrogens with zero attached hydrogens (tertiary/aromatic N) is 1. The lowest BCUT2D eigenvalue weighted by molar-refractivity contribution is -0.140. The van der Waals surface area contributed by atoms with E-state index < -0.39 is 17.7 Å². The monoisotopic (exact) mass is 409 g/mol. The van der Waals surface area contributed by atoms with E-state index in [-0.39, 0.29) is 24.5 Å². The predicted octanol–water partition coefficient (Wildman–Crippen LogP) is 3.77. The van der Waals surface area contributed by atoms with E-state index in [0.29, 0.717) is 23.5 Å². The van der Waals surface area contributed by atoms with Gasteiger partial charge in [0.1, 0.15) is 11.5 Å². The summed E-state index contributed by atoms with van der Waals surface area (Å²) in [7, 11) is 1.54. The van der Waals surface area contributed by atoms with Crippen LogP contribution in [-0.4, -0.2) is 48.6 Å². The van der Waals surface area contributed by atoms with Crippen LogP contribution in [0, 0.1) is 13.8 Å². The average Bonchev–Trinajstić information content (AvgIpc) is 2.99. The Morgan fingerprint density at radius 3 is 2.53 bits per heavy atom. The molecule has 1 fully saturated rings. The van der Waals surface area contributed by atoms with Gasteiger partial charge in [-0.3, -0.25) is 9.59 Å². The van der Waals surface area contributed by atoms with Gasteiger partial charge in [0.15, 0.2) is 0 Å². The van der Waals surface area contributed by atoms with E-state index in [9.17, 15) is 14.7 Å². The molecule has 0 radical (unpaired) electrons. The van der Waals surface area contributed by atoms with Crippen molar-refractivity contribution in [3.05, 3.63) is 70.3 Å². The first-order valence-electron chi connectivity index (χ1n) is 9.96. The maximum Gasteiger partial charge on any atom is 0.295 e. The van der Waals surface area contributed by atoms with Gasteiger partial charge in [-0.1, -0.05) is 24.3 Å². The molecule has 158 valence electrons. The second kappa shape index (κ2) is 9.13. The van der Waals surface area contributed by atoms with Crippen LogP contribution in [0.2, 0.25) is 0 Å². The quantitative estimate of drug-likeness (QED) is 0.428. The maximum atomic E-state index is 13.0. The molecule has 0 saturated carbocycles. The fourth-order valence-corrected chi connectivity index (χ4v) is 3.63. The summed E-state index contributed by atoms with van der Waals surface area (Å²) in [5.41, 5.74) is 3.35. The molecule has 3 rings (SSSR count). The van der Waals surface area contributed by atoms with Crippen molar-refractivity contribution in [2.24, 2.45) is 0 Å².